The van der Waals surface area contributed by atoms with Gasteiger partial charge in [0.2, 0.25) is 5.88 Å². The molecule has 0 spiro atoms. The number of nitrogens with zero attached hydrogens (tertiary/aromatic N) is 2. The minimum Gasteiger partial charge on any atom is -0.484 e. The molecule has 1 saturated heterocycles. The average Bonchev–Trinajstić information content (AvgIpc) is 2.59. The van der Waals surface area contributed by atoms with Gasteiger partial charge in [-0.1, -0.05) is 0 Å². The topological polar surface area (TPSA) is 60.9 Å². The highest BCUT2D eigenvalue weighted by Crippen LogP contribution is 2.22. The lowest BCUT2D eigenvalue weighted by Gasteiger charge is -2.26. The predicted molar refractivity (Wildman–Crippen MR) is 81.2 cm³/mol. The number of pyridine rings is 1. The van der Waals surface area contributed by atoms with Crippen LogP contribution in [0.2, 0.25) is 0 Å². The second kappa shape index (κ2) is 6.62. The minimum atomic E-state index is -0.0174. The zero-order valence-corrected chi connectivity index (χ0v) is 12.4. The molecule has 3 rings (SSSR count). The third kappa shape index (κ3) is 3.28. The van der Waals surface area contributed by atoms with Crippen molar-refractivity contribution in [1.29, 1.82) is 0 Å². The Morgan fingerprint density at radius 2 is 2.09 bits per heavy atom. The molecule has 0 bridgehead atoms. The largest absolute Gasteiger partial charge is 0.484 e. The number of rotatable bonds is 4. The van der Waals surface area contributed by atoms with Crippen LogP contribution in [0.3, 0.4) is 0 Å². The van der Waals surface area contributed by atoms with Crippen LogP contribution in [0.15, 0.2) is 30.3 Å². The van der Waals surface area contributed by atoms with Crippen LogP contribution in [0.1, 0.15) is 0 Å². The summed E-state index contributed by atoms with van der Waals surface area (Å²) >= 11 is 0. The van der Waals surface area contributed by atoms with Gasteiger partial charge in [-0.15, -0.1) is 0 Å². The van der Waals surface area contributed by atoms with Crippen LogP contribution in [-0.4, -0.2) is 55.8 Å². The maximum atomic E-state index is 12.0. The normalized spacial score (nSPS) is 14.9. The molecule has 2 aromatic rings. The lowest BCUT2D eigenvalue weighted by Crippen LogP contribution is -2.42. The Morgan fingerprint density at radius 3 is 2.86 bits per heavy atom. The van der Waals surface area contributed by atoms with Gasteiger partial charge in [-0.25, -0.2) is 4.98 Å². The fraction of sp³-hybridized carbons (Fsp3) is 0.375. The van der Waals surface area contributed by atoms with E-state index in [1.807, 2.05) is 18.2 Å². The van der Waals surface area contributed by atoms with E-state index in [1.165, 1.54) is 0 Å². The molecule has 0 atom stereocenters. The fourth-order valence-corrected chi connectivity index (χ4v) is 2.34. The van der Waals surface area contributed by atoms with Gasteiger partial charge in [-0.3, -0.25) is 4.79 Å². The van der Waals surface area contributed by atoms with E-state index in [1.54, 1.807) is 24.1 Å². The van der Waals surface area contributed by atoms with Gasteiger partial charge in [-0.05, 0) is 24.3 Å². The summed E-state index contributed by atoms with van der Waals surface area (Å²) in [6.45, 7) is 2.48. The first kappa shape index (κ1) is 14.6. The standard InChI is InChI=1S/C16H18N2O4/c1-20-15-5-2-12-10-13(3-4-14(12)17-15)22-11-16(19)18-6-8-21-9-7-18/h2-5,10H,6-9,11H2,1H3. The molecular weight excluding hydrogens is 284 g/mol. The summed E-state index contributed by atoms with van der Waals surface area (Å²) in [4.78, 5) is 18.1. The van der Waals surface area contributed by atoms with Crippen LogP contribution < -0.4 is 9.47 Å². The fourth-order valence-electron chi connectivity index (χ4n) is 2.34. The monoisotopic (exact) mass is 302 g/mol. The highest BCUT2D eigenvalue weighted by Gasteiger charge is 2.17. The van der Waals surface area contributed by atoms with Gasteiger partial charge in [0.1, 0.15) is 5.75 Å². The molecule has 0 N–H and O–H groups in total. The number of hydrogen-bond donors (Lipinski definition) is 0. The lowest BCUT2D eigenvalue weighted by molar-refractivity contribution is -0.137. The van der Waals surface area contributed by atoms with Gasteiger partial charge in [0.15, 0.2) is 6.61 Å². The number of benzene rings is 1. The van der Waals surface area contributed by atoms with E-state index in [9.17, 15) is 4.79 Å². The van der Waals surface area contributed by atoms with E-state index < -0.39 is 0 Å². The van der Waals surface area contributed by atoms with E-state index in [0.29, 0.717) is 37.9 Å². The van der Waals surface area contributed by atoms with Crippen molar-refractivity contribution < 1.29 is 19.0 Å². The van der Waals surface area contributed by atoms with Gasteiger partial charge >= 0.3 is 0 Å². The summed E-state index contributed by atoms with van der Waals surface area (Å²) in [7, 11) is 1.59. The van der Waals surface area contributed by atoms with Crippen LogP contribution in [0.25, 0.3) is 10.9 Å². The van der Waals surface area contributed by atoms with Crippen molar-refractivity contribution in [3.05, 3.63) is 30.3 Å². The maximum absolute atomic E-state index is 12.0. The third-order valence-electron chi connectivity index (χ3n) is 3.57. The minimum absolute atomic E-state index is 0.0174. The van der Waals surface area contributed by atoms with Crippen molar-refractivity contribution in [2.24, 2.45) is 0 Å². The molecule has 1 aromatic heterocycles. The summed E-state index contributed by atoms with van der Waals surface area (Å²) in [5, 5.41) is 0.942. The third-order valence-corrected chi connectivity index (χ3v) is 3.57. The molecule has 22 heavy (non-hydrogen) atoms. The van der Waals surface area contributed by atoms with E-state index in [-0.39, 0.29) is 12.5 Å². The quantitative estimate of drug-likeness (QED) is 0.856. The molecule has 116 valence electrons. The van der Waals surface area contributed by atoms with Gasteiger partial charge in [0.05, 0.1) is 25.8 Å². The molecule has 1 amide bonds. The molecule has 0 radical (unpaired) electrons. The first-order valence-corrected chi connectivity index (χ1v) is 7.19. The molecule has 6 nitrogen and oxygen atoms in total. The van der Waals surface area contributed by atoms with Crippen LogP contribution in [-0.2, 0) is 9.53 Å². The number of ether oxygens (including phenoxy) is 3. The zero-order valence-electron chi connectivity index (χ0n) is 12.4. The SMILES string of the molecule is COc1ccc2cc(OCC(=O)N3CCOCC3)ccc2n1. The van der Waals surface area contributed by atoms with E-state index in [2.05, 4.69) is 4.98 Å². The maximum Gasteiger partial charge on any atom is 0.260 e. The molecular formula is C16H18N2O4. The van der Waals surface area contributed by atoms with E-state index in [4.69, 9.17) is 14.2 Å². The van der Waals surface area contributed by atoms with Crippen LogP contribution in [0.5, 0.6) is 11.6 Å². The summed E-state index contributed by atoms with van der Waals surface area (Å²) in [6, 6.07) is 9.24. The van der Waals surface area contributed by atoms with Gasteiger partial charge < -0.3 is 19.1 Å². The Morgan fingerprint density at radius 1 is 1.27 bits per heavy atom. The zero-order chi connectivity index (χ0) is 15.4. The molecule has 0 unspecified atom stereocenters. The first-order chi connectivity index (χ1) is 10.8. The molecule has 0 saturated carbocycles. The van der Waals surface area contributed by atoms with Crippen molar-refractivity contribution in [2.45, 2.75) is 0 Å². The van der Waals surface area contributed by atoms with Crippen LogP contribution in [0.4, 0.5) is 0 Å². The number of carbonyl (C=O) groups excluding carboxylic acids is 1. The Kier molecular flexibility index (Phi) is 4.39. The number of hydrogen-bond acceptors (Lipinski definition) is 5. The summed E-state index contributed by atoms with van der Waals surface area (Å²) in [6.07, 6.45) is 0. The number of methoxy groups -OCH3 is 1. The Balaban J connectivity index is 1.65. The second-order valence-electron chi connectivity index (χ2n) is 4.99. The number of morpholine rings is 1. The van der Waals surface area contributed by atoms with Crippen molar-refractivity contribution in [2.75, 3.05) is 40.0 Å². The van der Waals surface area contributed by atoms with Crippen molar-refractivity contribution in [3.8, 4) is 11.6 Å². The number of aromatic nitrogens is 1. The van der Waals surface area contributed by atoms with E-state index in [0.717, 1.165) is 10.9 Å². The molecule has 2 heterocycles. The van der Waals surface area contributed by atoms with E-state index >= 15 is 0 Å². The molecule has 6 heteroatoms. The van der Waals surface area contributed by atoms with Gasteiger partial charge in [0, 0.05) is 24.5 Å². The van der Waals surface area contributed by atoms with Crippen LogP contribution in [0, 0.1) is 0 Å². The van der Waals surface area contributed by atoms with Gasteiger partial charge in [-0.2, -0.15) is 0 Å². The summed E-state index contributed by atoms with van der Waals surface area (Å²) in [5.41, 5.74) is 0.825. The smallest absolute Gasteiger partial charge is 0.260 e. The van der Waals surface area contributed by atoms with Gasteiger partial charge in [0.25, 0.3) is 5.91 Å². The highest BCUT2D eigenvalue weighted by atomic mass is 16.5. The summed E-state index contributed by atoms with van der Waals surface area (Å²) < 4.78 is 15.9. The first-order valence-electron chi connectivity index (χ1n) is 7.19. The Bertz CT molecular complexity index is 668. The molecule has 1 fully saturated rings. The highest BCUT2D eigenvalue weighted by molar-refractivity contribution is 5.81. The summed E-state index contributed by atoms with van der Waals surface area (Å²) in [5.74, 6) is 1.21. The molecule has 1 aliphatic rings. The van der Waals surface area contributed by atoms with Crippen molar-refractivity contribution in [1.82, 2.24) is 9.88 Å². The predicted octanol–water partition coefficient (Wildman–Crippen LogP) is 1.48. The number of fused-ring (bicyclic) bond motifs is 1. The Labute approximate surface area is 128 Å². The average molecular weight is 302 g/mol. The molecule has 0 aliphatic carbocycles. The molecule has 1 aromatic carbocycles. The second-order valence-corrected chi connectivity index (χ2v) is 4.99. The molecule has 1 aliphatic heterocycles. The number of carbonyl (C=O) groups is 1. The number of amides is 1. The van der Waals surface area contributed by atoms with Crippen molar-refractivity contribution >= 4 is 16.8 Å². The van der Waals surface area contributed by atoms with Crippen LogP contribution >= 0.6 is 0 Å². The van der Waals surface area contributed by atoms with Crippen molar-refractivity contribution in [3.63, 3.8) is 0 Å². The Hall–Kier alpha value is -2.34. The lowest BCUT2D eigenvalue weighted by atomic mass is 10.2.